The van der Waals surface area contributed by atoms with Crippen LogP contribution in [-0.4, -0.2) is 23.7 Å². The summed E-state index contributed by atoms with van der Waals surface area (Å²) in [5.74, 6) is -2.89. The van der Waals surface area contributed by atoms with E-state index in [1.54, 1.807) is 23.2 Å². The molecule has 1 unspecified atom stereocenters. The van der Waals surface area contributed by atoms with Gasteiger partial charge in [-0.15, -0.1) is 0 Å². The van der Waals surface area contributed by atoms with E-state index in [1.807, 2.05) is 43.6 Å². The van der Waals surface area contributed by atoms with Gasteiger partial charge in [0.1, 0.15) is 5.82 Å². The highest BCUT2D eigenvalue weighted by molar-refractivity contribution is 6.05. The third-order valence-corrected chi connectivity index (χ3v) is 7.24. The molecule has 1 amide bonds. The molecule has 7 nitrogen and oxygen atoms in total. The average molecular weight is 543 g/mol. The molecule has 0 bridgehead atoms. The van der Waals surface area contributed by atoms with E-state index in [0.717, 1.165) is 42.3 Å². The largest absolute Gasteiger partial charge is 0.383 e. The van der Waals surface area contributed by atoms with E-state index in [-0.39, 0.29) is 17.4 Å². The van der Waals surface area contributed by atoms with Crippen LogP contribution >= 0.6 is 0 Å². The van der Waals surface area contributed by atoms with Crippen LogP contribution in [-0.2, 0) is 12.5 Å². The quantitative estimate of drug-likeness (QED) is 0.286. The number of benzene rings is 2. The third-order valence-electron chi connectivity index (χ3n) is 7.24. The Morgan fingerprint density at radius 1 is 1.25 bits per heavy atom. The van der Waals surface area contributed by atoms with Gasteiger partial charge < -0.3 is 26.3 Å². The summed E-state index contributed by atoms with van der Waals surface area (Å²) >= 11 is 0. The number of carbonyl (C=O) groups excluding carboxylic acids is 1. The lowest BCUT2D eigenvalue weighted by molar-refractivity contribution is 0.0175. The van der Waals surface area contributed by atoms with Crippen molar-refractivity contribution in [2.24, 2.45) is 0 Å². The van der Waals surface area contributed by atoms with Gasteiger partial charge in [-0.05, 0) is 60.9 Å². The van der Waals surface area contributed by atoms with Gasteiger partial charge in [0.25, 0.3) is 11.8 Å². The first-order chi connectivity index (χ1) is 19.0. The second-order valence-corrected chi connectivity index (χ2v) is 10.6. The van der Waals surface area contributed by atoms with Crippen molar-refractivity contribution >= 4 is 35.0 Å². The van der Waals surface area contributed by atoms with E-state index >= 15 is 0 Å². The molecule has 2 aromatic carbocycles. The highest BCUT2D eigenvalue weighted by atomic mass is 19.3. The number of nitrogens with zero attached hydrogens (tertiary/aromatic N) is 3. The molecule has 3 aromatic rings. The second-order valence-electron chi connectivity index (χ2n) is 10.6. The predicted octanol–water partition coefficient (Wildman–Crippen LogP) is 6.78. The minimum atomic E-state index is -3.08. The van der Waals surface area contributed by atoms with E-state index < -0.39 is 5.92 Å². The maximum absolute atomic E-state index is 14.4. The van der Waals surface area contributed by atoms with Crippen LogP contribution in [0.15, 0.2) is 72.7 Å². The number of carbonyl (C=O) groups is 1. The van der Waals surface area contributed by atoms with Crippen LogP contribution in [0, 0.1) is 5.41 Å². The molecule has 206 valence electrons. The van der Waals surface area contributed by atoms with E-state index in [9.17, 15) is 13.6 Å². The van der Waals surface area contributed by atoms with Crippen molar-refractivity contribution in [2.75, 3.05) is 27.4 Å². The highest BCUT2D eigenvalue weighted by Gasteiger charge is 2.28. The van der Waals surface area contributed by atoms with E-state index in [2.05, 4.69) is 22.1 Å². The number of pyridine rings is 1. The minimum Gasteiger partial charge on any atom is -0.383 e. The fourth-order valence-corrected chi connectivity index (χ4v) is 5.15. The molecule has 5 rings (SSSR count). The van der Waals surface area contributed by atoms with Crippen LogP contribution < -0.4 is 20.9 Å². The van der Waals surface area contributed by atoms with Crippen molar-refractivity contribution < 1.29 is 13.6 Å². The molecule has 0 spiro atoms. The van der Waals surface area contributed by atoms with Crippen molar-refractivity contribution in [3.8, 4) is 0 Å². The Labute approximate surface area is 232 Å². The summed E-state index contributed by atoms with van der Waals surface area (Å²) in [6.07, 6.45) is 9.39. The smallest absolute Gasteiger partial charge is 0.270 e. The number of allylic oxidation sites excluding steroid dienone is 2. The van der Waals surface area contributed by atoms with E-state index in [4.69, 9.17) is 11.1 Å². The summed E-state index contributed by atoms with van der Waals surface area (Å²) in [4.78, 5) is 21.5. The fourth-order valence-electron chi connectivity index (χ4n) is 5.15. The number of alkyl halides is 2. The summed E-state index contributed by atoms with van der Waals surface area (Å²) in [5, 5.41) is 10.4. The molecular formula is C31H32F2N6O. The number of amides is 1. The number of rotatable bonds is 7. The second kappa shape index (κ2) is 10.6. The van der Waals surface area contributed by atoms with Gasteiger partial charge in [0, 0.05) is 84.5 Å². The van der Waals surface area contributed by atoms with Gasteiger partial charge in [-0.2, -0.15) is 0 Å². The van der Waals surface area contributed by atoms with Crippen molar-refractivity contribution in [2.45, 2.75) is 45.6 Å². The van der Waals surface area contributed by atoms with Gasteiger partial charge >= 0.3 is 0 Å². The Morgan fingerprint density at radius 2 is 2.05 bits per heavy atom. The van der Waals surface area contributed by atoms with Crippen molar-refractivity contribution in [1.29, 1.82) is 5.41 Å². The number of nitrogens with one attached hydrogen (secondary N) is 2. The normalized spacial score (nSPS) is 16.5. The van der Waals surface area contributed by atoms with Crippen LogP contribution in [0.4, 0.5) is 31.7 Å². The number of anilines is 4. The minimum absolute atomic E-state index is 0.180. The summed E-state index contributed by atoms with van der Waals surface area (Å²) in [7, 11) is 0. The molecule has 2 aliphatic rings. The molecule has 1 atom stereocenters. The SMILES string of the molecule is CC1=CN(c2cc(NC(=O)c3ccc4c(c3)N(Cc3cnc(N)c(C=N)c3)CC4C)cc(C(C)(F)F)c2)C=CC1. The number of hydrogen-bond acceptors (Lipinski definition) is 6. The van der Waals surface area contributed by atoms with Crippen LogP contribution in [0.1, 0.15) is 65.7 Å². The van der Waals surface area contributed by atoms with Gasteiger partial charge in [-0.25, -0.2) is 13.8 Å². The van der Waals surface area contributed by atoms with Crippen molar-refractivity contribution in [3.05, 3.63) is 101 Å². The van der Waals surface area contributed by atoms with Crippen LogP contribution in [0.3, 0.4) is 0 Å². The lowest BCUT2D eigenvalue weighted by atomic mass is 10.0. The first-order valence-corrected chi connectivity index (χ1v) is 13.1. The Balaban J connectivity index is 1.42. The molecule has 40 heavy (non-hydrogen) atoms. The summed E-state index contributed by atoms with van der Waals surface area (Å²) in [6, 6.07) is 11.9. The highest BCUT2D eigenvalue weighted by Crippen LogP contribution is 2.38. The Bertz CT molecular complexity index is 1540. The lowest BCUT2D eigenvalue weighted by Crippen LogP contribution is -2.21. The zero-order valence-corrected chi connectivity index (χ0v) is 22.7. The standard InChI is InChI=1S/C31H32F2N6O/c1-19-5-4-8-38(16-19)26-12-24(31(3,32)33)11-25(13-26)37-30(40)22-6-7-27-20(2)17-39(28(27)10-22)18-21-9-23(14-34)29(35)36-15-21/h4,6-16,20,34H,5,17-18H2,1-3H3,(H2,35,36)(H,37,40). The van der Waals surface area contributed by atoms with Crippen molar-refractivity contribution in [1.82, 2.24) is 4.98 Å². The van der Waals surface area contributed by atoms with E-state index in [1.165, 1.54) is 18.3 Å². The van der Waals surface area contributed by atoms with Crippen LogP contribution in [0.2, 0.25) is 0 Å². The number of fused-ring (bicyclic) bond motifs is 1. The predicted molar refractivity (Wildman–Crippen MR) is 156 cm³/mol. The van der Waals surface area contributed by atoms with Gasteiger partial charge in [0.15, 0.2) is 0 Å². The molecule has 3 heterocycles. The third kappa shape index (κ3) is 5.59. The summed E-state index contributed by atoms with van der Waals surface area (Å²) in [5.41, 5.74) is 11.5. The van der Waals surface area contributed by atoms with Gasteiger partial charge in [0.05, 0.1) is 0 Å². The molecule has 0 fully saturated rings. The number of aromatic nitrogens is 1. The molecule has 4 N–H and O–H groups in total. The lowest BCUT2D eigenvalue weighted by Gasteiger charge is -2.23. The molecule has 0 aliphatic carbocycles. The molecule has 0 saturated carbocycles. The number of nitrogens with two attached hydrogens (primary N) is 1. The monoisotopic (exact) mass is 542 g/mol. The fraction of sp³-hybridized carbons (Fsp3) is 0.258. The van der Waals surface area contributed by atoms with Gasteiger partial charge in [0.2, 0.25) is 0 Å². The molecule has 2 aliphatic heterocycles. The number of hydrogen-bond donors (Lipinski definition) is 3. The molecule has 9 heteroatoms. The Kier molecular flexibility index (Phi) is 7.14. The van der Waals surface area contributed by atoms with Crippen LogP contribution in [0.5, 0.6) is 0 Å². The van der Waals surface area contributed by atoms with Gasteiger partial charge in [-0.1, -0.05) is 24.6 Å². The molecule has 1 aromatic heterocycles. The molecule has 0 radical (unpaired) electrons. The van der Waals surface area contributed by atoms with Gasteiger partial charge in [-0.3, -0.25) is 4.79 Å². The average Bonchev–Trinajstić information content (AvgIpc) is 3.23. The maximum atomic E-state index is 14.4. The molecular weight excluding hydrogens is 510 g/mol. The summed E-state index contributed by atoms with van der Waals surface area (Å²) < 4.78 is 28.8. The first-order valence-electron chi connectivity index (χ1n) is 13.1. The van der Waals surface area contributed by atoms with E-state index in [0.29, 0.717) is 34.9 Å². The zero-order valence-electron chi connectivity index (χ0n) is 22.7. The number of halogens is 2. The maximum Gasteiger partial charge on any atom is 0.270 e. The Hall–Kier alpha value is -4.53. The zero-order chi connectivity index (χ0) is 28.6. The number of nitrogen functional groups attached to an aromatic ring is 1. The first kappa shape index (κ1) is 27.1. The Morgan fingerprint density at radius 3 is 2.77 bits per heavy atom. The summed E-state index contributed by atoms with van der Waals surface area (Å²) in [6.45, 7) is 6.27. The topological polar surface area (TPSA) is 98.3 Å². The van der Waals surface area contributed by atoms with Crippen molar-refractivity contribution in [3.63, 3.8) is 0 Å². The van der Waals surface area contributed by atoms with Crippen LogP contribution in [0.25, 0.3) is 0 Å². The molecule has 0 saturated heterocycles.